The summed E-state index contributed by atoms with van der Waals surface area (Å²) in [6.45, 7) is 4.57. The van der Waals surface area contributed by atoms with E-state index in [9.17, 15) is 9.59 Å². The minimum absolute atomic E-state index is 0.0101. The molecule has 0 radical (unpaired) electrons. The van der Waals surface area contributed by atoms with Crippen molar-refractivity contribution in [1.82, 2.24) is 5.32 Å². The van der Waals surface area contributed by atoms with Crippen LogP contribution in [0.15, 0.2) is 18.2 Å². The maximum absolute atomic E-state index is 11.6. The number of hydrogen-bond acceptors (Lipinski definition) is 3. The van der Waals surface area contributed by atoms with Gasteiger partial charge in [-0.2, -0.15) is 0 Å². The van der Waals surface area contributed by atoms with Gasteiger partial charge in [-0.3, -0.25) is 0 Å². The number of hydrogen-bond donors (Lipinski definition) is 3. The topological polar surface area (TPSA) is 87.7 Å². The Morgan fingerprint density at radius 1 is 1.35 bits per heavy atom. The molecule has 0 heterocycles. The Kier molecular flexibility index (Phi) is 6.27. The Labute approximate surface area is 122 Å². The molecule has 0 aliphatic carbocycles. The lowest BCUT2D eigenvalue weighted by atomic mass is 10.2. The molecule has 6 nitrogen and oxygen atoms in total. The lowest BCUT2D eigenvalue weighted by Gasteiger charge is -2.10. The molecule has 0 aliphatic heterocycles. The van der Waals surface area contributed by atoms with Crippen molar-refractivity contribution in [2.75, 3.05) is 18.5 Å². The van der Waals surface area contributed by atoms with E-state index in [2.05, 4.69) is 10.6 Å². The summed E-state index contributed by atoms with van der Waals surface area (Å²) in [6, 6.07) is 3.66. The van der Waals surface area contributed by atoms with Crippen molar-refractivity contribution in [3.05, 3.63) is 28.8 Å². The highest BCUT2D eigenvalue weighted by Crippen LogP contribution is 2.19. The van der Waals surface area contributed by atoms with Crippen molar-refractivity contribution in [2.45, 2.75) is 20.0 Å². The number of carboxylic acids is 1. The normalized spacial score (nSPS) is 10.4. The molecule has 0 bridgehead atoms. The van der Waals surface area contributed by atoms with Gasteiger partial charge in [0.25, 0.3) is 0 Å². The minimum atomic E-state index is -1.11. The molecule has 3 N–H and O–H groups in total. The summed E-state index contributed by atoms with van der Waals surface area (Å²) in [5.41, 5.74) is 0.327. The van der Waals surface area contributed by atoms with Crippen LogP contribution in [-0.2, 0) is 4.74 Å². The van der Waals surface area contributed by atoms with E-state index in [1.54, 1.807) is 0 Å². The number of carbonyl (C=O) groups is 2. The average Bonchev–Trinajstić information content (AvgIpc) is 2.33. The molecule has 1 rings (SSSR count). The third kappa shape index (κ3) is 5.90. The van der Waals surface area contributed by atoms with Gasteiger partial charge in [0.2, 0.25) is 0 Å². The molecular weight excluding hydrogens is 284 g/mol. The molecule has 0 fully saturated rings. The number of amides is 2. The average molecular weight is 301 g/mol. The number of urea groups is 1. The first-order valence-corrected chi connectivity index (χ1v) is 6.46. The Hall–Kier alpha value is -1.79. The zero-order chi connectivity index (χ0) is 15.1. The first-order chi connectivity index (χ1) is 9.38. The maximum Gasteiger partial charge on any atom is 0.335 e. The van der Waals surface area contributed by atoms with Crippen molar-refractivity contribution < 1.29 is 19.4 Å². The molecule has 110 valence electrons. The van der Waals surface area contributed by atoms with Gasteiger partial charge in [0, 0.05) is 17.3 Å². The number of ether oxygens (including phenoxy) is 1. The van der Waals surface area contributed by atoms with Crippen LogP contribution in [0.5, 0.6) is 0 Å². The lowest BCUT2D eigenvalue weighted by molar-refractivity contribution is 0.0697. The van der Waals surface area contributed by atoms with Gasteiger partial charge in [0.05, 0.1) is 18.3 Å². The predicted octanol–water partition coefficient (Wildman–Crippen LogP) is 2.58. The first kappa shape index (κ1) is 16.3. The van der Waals surface area contributed by atoms with Crippen LogP contribution in [0.1, 0.15) is 24.2 Å². The number of carbonyl (C=O) groups excluding carboxylic acids is 1. The standard InChI is InChI=1S/C13H17ClN2O4/c1-8(2)20-4-3-15-13(19)16-11-6-9(12(17)18)5-10(14)7-11/h5-8H,3-4H2,1-2H3,(H,17,18)(H2,15,16,19). The van der Waals surface area contributed by atoms with Gasteiger partial charge in [-0.05, 0) is 32.0 Å². The van der Waals surface area contributed by atoms with E-state index >= 15 is 0 Å². The van der Waals surface area contributed by atoms with E-state index in [-0.39, 0.29) is 16.7 Å². The molecule has 1 aromatic carbocycles. The number of aromatic carboxylic acids is 1. The second-order valence-electron chi connectivity index (χ2n) is 4.33. The second-order valence-corrected chi connectivity index (χ2v) is 4.77. The molecule has 0 spiro atoms. The van der Waals surface area contributed by atoms with E-state index in [1.807, 2.05) is 13.8 Å². The van der Waals surface area contributed by atoms with Crippen LogP contribution in [0.2, 0.25) is 5.02 Å². The van der Waals surface area contributed by atoms with Gasteiger partial charge in [-0.25, -0.2) is 9.59 Å². The molecule has 0 unspecified atom stereocenters. The van der Waals surface area contributed by atoms with Gasteiger partial charge in [0.1, 0.15) is 0 Å². The molecular formula is C13H17ClN2O4. The SMILES string of the molecule is CC(C)OCCNC(=O)Nc1cc(Cl)cc(C(=O)O)c1. The zero-order valence-corrected chi connectivity index (χ0v) is 12.0. The smallest absolute Gasteiger partial charge is 0.335 e. The quantitative estimate of drug-likeness (QED) is 0.705. The number of anilines is 1. The van der Waals surface area contributed by atoms with Crippen molar-refractivity contribution in [3.63, 3.8) is 0 Å². The monoisotopic (exact) mass is 300 g/mol. The summed E-state index contributed by atoms with van der Waals surface area (Å²) in [4.78, 5) is 22.4. The van der Waals surface area contributed by atoms with Crippen LogP contribution in [-0.4, -0.2) is 36.4 Å². The fourth-order valence-corrected chi connectivity index (χ4v) is 1.65. The summed E-state index contributed by atoms with van der Waals surface area (Å²) in [5, 5.41) is 14.2. The molecule has 0 atom stereocenters. The van der Waals surface area contributed by atoms with E-state index in [1.165, 1.54) is 18.2 Å². The van der Waals surface area contributed by atoms with Gasteiger partial charge in [-0.15, -0.1) is 0 Å². The molecule has 7 heteroatoms. The molecule has 0 saturated carbocycles. The van der Waals surface area contributed by atoms with Gasteiger partial charge in [0.15, 0.2) is 0 Å². The first-order valence-electron chi connectivity index (χ1n) is 6.09. The van der Waals surface area contributed by atoms with Crippen LogP contribution < -0.4 is 10.6 Å². The van der Waals surface area contributed by atoms with Gasteiger partial charge >= 0.3 is 12.0 Å². The Bertz CT molecular complexity index is 491. The summed E-state index contributed by atoms with van der Waals surface area (Å²) in [6.07, 6.45) is 0.103. The van der Waals surface area contributed by atoms with Gasteiger partial charge < -0.3 is 20.5 Å². The van der Waals surface area contributed by atoms with E-state index in [0.717, 1.165) is 0 Å². The van der Waals surface area contributed by atoms with E-state index in [0.29, 0.717) is 18.8 Å². The van der Waals surface area contributed by atoms with Gasteiger partial charge in [-0.1, -0.05) is 11.6 Å². The van der Waals surface area contributed by atoms with E-state index < -0.39 is 12.0 Å². The third-order valence-electron chi connectivity index (χ3n) is 2.24. The van der Waals surface area contributed by atoms with E-state index in [4.69, 9.17) is 21.4 Å². The van der Waals surface area contributed by atoms with Crippen LogP contribution in [0.4, 0.5) is 10.5 Å². The molecule has 0 aromatic heterocycles. The number of rotatable bonds is 6. The Balaban J connectivity index is 2.51. The molecule has 2 amide bonds. The Morgan fingerprint density at radius 3 is 2.65 bits per heavy atom. The maximum atomic E-state index is 11.6. The number of halogens is 1. The fraction of sp³-hybridized carbons (Fsp3) is 0.385. The molecule has 0 saturated heterocycles. The third-order valence-corrected chi connectivity index (χ3v) is 2.46. The zero-order valence-electron chi connectivity index (χ0n) is 11.3. The Morgan fingerprint density at radius 2 is 2.05 bits per heavy atom. The second kappa shape index (κ2) is 7.72. The van der Waals surface area contributed by atoms with Crippen molar-refractivity contribution >= 4 is 29.3 Å². The fourth-order valence-electron chi connectivity index (χ4n) is 1.42. The molecule has 1 aromatic rings. The van der Waals surface area contributed by atoms with Crippen LogP contribution in [0, 0.1) is 0 Å². The van der Waals surface area contributed by atoms with Crippen molar-refractivity contribution in [3.8, 4) is 0 Å². The molecule has 0 aliphatic rings. The van der Waals surface area contributed by atoms with Crippen LogP contribution >= 0.6 is 11.6 Å². The highest BCUT2D eigenvalue weighted by Gasteiger charge is 2.08. The number of benzene rings is 1. The number of nitrogens with one attached hydrogen (secondary N) is 2. The van der Waals surface area contributed by atoms with Crippen LogP contribution in [0.25, 0.3) is 0 Å². The van der Waals surface area contributed by atoms with Crippen LogP contribution in [0.3, 0.4) is 0 Å². The minimum Gasteiger partial charge on any atom is -0.478 e. The predicted molar refractivity (Wildman–Crippen MR) is 76.5 cm³/mol. The molecule has 20 heavy (non-hydrogen) atoms. The largest absolute Gasteiger partial charge is 0.478 e. The number of carboxylic acid groups (broad SMARTS) is 1. The summed E-state index contributed by atoms with van der Waals surface area (Å²) in [7, 11) is 0. The van der Waals surface area contributed by atoms with Crippen molar-refractivity contribution in [1.29, 1.82) is 0 Å². The van der Waals surface area contributed by atoms with Crippen molar-refractivity contribution in [2.24, 2.45) is 0 Å². The summed E-state index contributed by atoms with van der Waals surface area (Å²) < 4.78 is 5.27. The highest BCUT2D eigenvalue weighted by atomic mass is 35.5. The summed E-state index contributed by atoms with van der Waals surface area (Å²) >= 11 is 5.78. The lowest BCUT2D eigenvalue weighted by Crippen LogP contribution is -2.32. The highest BCUT2D eigenvalue weighted by molar-refractivity contribution is 6.31. The summed E-state index contributed by atoms with van der Waals surface area (Å²) in [5.74, 6) is -1.11.